The zero-order valence-electron chi connectivity index (χ0n) is 17.3. The topological polar surface area (TPSA) is 84.0 Å². The van der Waals surface area contributed by atoms with Gasteiger partial charge < -0.3 is 9.64 Å². The highest BCUT2D eigenvalue weighted by atomic mass is 35.5. The van der Waals surface area contributed by atoms with Gasteiger partial charge in [-0.2, -0.15) is 4.31 Å². The Balaban J connectivity index is 1.56. The normalized spacial score (nSPS) is 15.0. The number of ether oxygens (including phenoxy) is 1. The quantitative estimate of drug-likeness (QED) is 0.428. The summed E-state index contributed by atoms with van der Waals surface area (Å²) in [6, 6.07) is 16.3. The maximum absolute atomic E-state index is 13.1. The van der Waals surface area contributed by atoms with E-state index in [1.54, 1.807) is 23.1 Å². The van der Waals surface area contributed by atoms with Crippen molar-refractivity contribution in [1.29, 1.82) is 0 Å². The number of benzene rings is 3. The van der Waals surface area contributed by atoms with E-state index in [-0.39, 0.29) is 29.5 Å². The van der Waals surface area contributed by atoms with Crippen molar-refractivity contribution >= 4 is 44.3 Å². The predicted molar refractivity (Wildman–Crippen MR) is 121 cm³/mol. The molecule has 0 atom stereocenters. The van der Waals surface area contributed by atoms with Gasteiger partial charge in [0, 0.05) is 48.9 Å². The van der Waals surface area contributed by atoms with Gasteiger partial charge in [-0.3, -0.25) is 4.79 Å². The molecule has 1 heterocycles. The third kappa shape index (κ3) is 4.34. The van der Waals surface area contributed by atoms with Gasteiger partial charge in [0.2, 0.25) is 15.9 Å². The first-order valence-electron chi connectivity index (χ1n) is 10.0. The van der Waals surface area contributed by atoms with Crippen LogP contribution in [0.1, 0.15) is 17.3 Å². The lowest BCUT2D eigenvalue weighted by atomic mass is 10.1. The minimum Gasteiger partial charge on any atom is -0.422 e. The first-order chi connectivity index (χ1) is 15.3. The van der Waals surface area contributed by atoms with Crippen LogP contribution in [0.4, 0.5) is 0 Å². The van der Waals surface area contributed by atoms with Crippen molar-refractivity contribution in [2.24, 2.45) is 0 Å². The molecule has 7 nitrogen and oxygen atoms in total. The highest BCUT2D eigenvalue weighted by Crippen LogP contribution is 2.32. The molecule has 0 unspecified atom stereocenters. The van der Waals surface area contributed by atoms with E-state index in [1.807, 2.05) is 18.2 Å². The third-order valence-electron chi connectivity index (χ3n) is 5.42. The number of carbonyl (C=O) groups is 2. The molecule has 0 radical (unpaired) electrons. The largest absolute Gasteiger partial charge is 0.422 e. The number of fused-ring (bicyclic) bond motifs is 1. The molecule has 1 fully saturated rings. The molecule has 0 aliphatic carbocycles. The van der Waals surface area contributed by atoms with Crippen LogP contribution in [0.5, 0.6) is 5.75 Å². The number of halogens is 1. The average Bonchev–Trinajstić information content (AvgIpc) is 2.81. The standard InChI is InChI=1S/C23H21ClN2O5S/c1-16(27)25-11-13-26(14-12-25)32(29,30)18-6-4-5-17(15-18)23(28)31-22-10-9-21(24)19-7-2-3-8-20(19)22/h2-10,15H,11-14H2,1H3. The SMILES string of the molecule is CC(=O)N1CCN(S(=O)(=O)c2cccc(C(=O)Oc3ccc(Cl)c4ccccc34)c2)CC1. The number of rotatable bonds is 4. The van der Waals surface area contributed by atoms with E-state index in [2.05, 4.69) is 0 Å². The van der Waals surface area contributed by atoms with Crippen LogP contribution in [-0.2, 0) is 14.8 Å². The lowest BCUT2D eigenvalue weighted by Crippen LogP contribution is -2.49. The summed E-state index contributed by atoms with van der Waals surface area (Å²) in [5, 5.41) is 1.97. The summed E-state index contributed by atoms with van der Waals surface area (Å²) < 4.78 is 33.0. The van der Waals surface area contributed by atoms with Crippen molar-refractivity contribution in [2.75, 3.05) is 26.2 Å². The first-order valence-corrected chi connectivity index (χ1v) is 11.8. The molecule has 0 saturated carbocycles. The molecule has 1 saturated heterocycles. The lowest BCUT2D eigenvalue weighted by molar-refractivity contribution is -0.129. The Kier molecular flexibility index (Phi) is 6.19. The van der Waals surface area contributed by atoms with E-state index >= 15 is 0 Å². The fourth-order valence-electron chi connectivity index (χ4n) is 3.66. The monoisotopic (exact) mass is 472 g/mol. The summed E-state index contributed by atoms with van der Waals surface area (Å²) in [6.45, 7) is 2.53. The highest BCUT2D eigenvalue weighted by molar-refractivity contribution is 7.89. The van der Waals surface area contributed by atoms with E-state index in [4.69, 9.17) is 16.3 Å². The van der Waals surface area contributed by atoms with E-state index < -0.39 is 16.0 Å². The zero-order chi connectivity index (χ0) is 22.9. The van der Waals surface area contributed by atoms with Crippen molar-refractivity contribution in [3.63, 3.8) is 0 Å². The third-order valence-corrected chi connectivity index (χ3v) is 7.65. The van der Waals surface area contributed by atoms with E-state index in [9.17, 15) is 18.0 Å². The molecule has 1 amide bonds. The maximum atomic E-state index is 13.1. The molecular formula is C23H21ClN2O5S. The fraction of sp³-hybridized carbons (Fsp3) is 0.217. The van der Waals surface area contributed by atoms with Crippen LogP contribution in [-0.4, -0.2) is 55.7 Å². The Bertz CT molecular complexity index is 1300. The van der Waals surface area contributed by atoms with Crippen LogP contribution in [0.25, 0.3) is 10.8 Å². The van der Waals surface area contributed by atoms with Gasteiger partial charge in [0.25, 0.3) is 0 Å². The molecule has 4 rings (SSSR count). The summed E-state index contributed by atoms with van der Waals surface area (Å²) in [5.41, 5.74) is 0.118. The Labute approximate surface area is 191 Å². The molecule has 0 aromatic heterocycles. The van der Waals surface area contributed by atoms with Crippen LogP contribution in [0.15, 0.2) is 65.6 Å². The minimum absolute atomic E-state index is 0.00388. The molecule has 0 bridgehead atoms. The Morgan fingerprint density at radius 1 is 0.906 bits per heavy atom. The number of hydrogen-bond donors (Lipinski definition) is 0. The Morgan fingerprint density at radius 2 is 1.59 bits per heavy atom. The highest BCUT2D eigenvalue weighted by Gasteiger charge is 2.29. The van der Waals surface area contributed by atoms with E-state index in [0.717, 1.165) is 5.39 Å². The van der Waals surface area contributed by atoms with Gasteiger partial charge in [-0.05, 0) is 30.3 Å². The molecule has 0 N–H and O–H groups in total. The molecule has 3 aromatic carbocycles. The molecule has 3 aromatic rings. The fourth-order valence-corrected chi connectivity index (χ4v) is 5.35. The Morgan fingerprint density at radius 3 is 2.28 bits per heavy atom. The van der Waals surface area contributed by atoms with Crippen molar-refractivity contribution in [3.8, 4) is 5.75 Å². The van der Waals surface area contributed by atoms with E-state index in [1.165, 1.54) is 35.5 Å². The number of nitrogens with zero attached hydrogens (tertiary/aromatic N) is 2. The second-order valence-electron chi connectivity index (χ2n) is 7.42. The van der Waals surface area contributed by atoms with Crippen molar-refractivity contribution in [2.45, 2.75) is 11.8 Å². The van der Waals surface area contributed by atoms with Crippen LogP contribution >= 0.6 is 11.6 Å². The maximum Gasteiger partial charge on any atom is 0.343 e. The smallest absolute Gasteiger partial charge is 0.343 e. The molecular weight excluding hydrogens is 452 g/mol. The van der Waals surface area contributed by atoms with Gasteiger partial charge in [0.1, 0.15) is 5.75 Å². The molecule has 32 heavy (non-hydrogen) atoms. The zero-order valence-corrected chi connectivity index (χ0v) is 18.9. The lowest BCUT2D eigenvalue weighted by Gasteiger charge is -2.33. The molecule has 1 aliphatic heterocycles. The molecule has 166 valence electrons. The van der Waals surface area contributed by atoms with Gasteiger partial charge in [-0.15, -0.1) is 0 Å². The number of piperazine rings is 1. The number of amides is 1. The summed E-state index contributed by atoms with van der Waals surface area (Å²) in [4.78, 5) is 25.9. The second kappa shape index (κ2) is 8.90. The van der Waals surface area contributed by atoms with Crippen LogP contribution < -0.4 is 4.74 Å². The molecule has 9 heteroatoms. The van der Waals surface area contributed by atoms with Crippen molar-refractivity contribution < 1.29 is 22.7 Å². The number of sulfonamides is 1. The second-order valence-corrected chi connectivity index (χ2v) is 9.76. The van der Waals surface area contributed by atoms with Crippen LogP contribution in [0.3, 0.4) is 0 Å². The number of carbonyl (C=O) groups excluding carboxylic acids is 2. The van der Waals surface area contributed by atoms with Gasteiger partial charge >= 0.3 is 5.97 Å². The summed E-state index contributed by atoms with van der Waals surface area (Å²) in [5.74, 6) is -0.416. The van der Waals surface area contributed by atoms with Gasteiger partial charge in [-0.1, -0.05) is 41.9 Å². The summed E-state index contributed by atoms with van der Waals surface area (Å²) in [6.07, 6.45) is 0. The predicted octanol–water partition coefficient (Wildman–Crippen LogP) is 3.57. The van der Waals surface area contributed by atoms with Crippen molar-refractivity contribution in [1.82, 2.24) is 9.21 Å². The van der Waals surface area contributed by atoms with Gasteiger partial charge in [0.15, 0.2) is 0 Å². The Hall–Kier alpha value is -2.94. The van der Waals surface area contributed by atoms with E-state index in [0.29, 0.717) is 29.2 Å². The average molecular weight is 473 g/mol. The van der Waals surface area contributed by atoms with Crippen LogP contribution in [0.2, 0.25) is 5.02 Å². The first kappa shape index (κ1) is 22.3. The van der Waals surface area contributed by atoms with Gasteiger partial charge in [0.05, 0.1) is 10.5 Å². The van der Waals surface area contributed by atoms with Crippen LogP contribution in [0, 0.1) is 0 Å². The number of hydrogen-bond acceptors (Lipinski definition) is 5. The summed E-state index contributed by atoms with van der Waals surface area (Å²) >= 11 is 6.22. The van der Waals surface area contributed by atoms with Crippen molar-refractivity contribution in [3.05, 3.63) is 71.2 Å². The summed E-state index contributed by atoms with van der Waals surface area (Å²) in [7, 11) is -3.81. The molecule has 1 aliphatic rings. The van der Waals surface area contributed by atoms with Gasteiger partial charge in [-0.25, -0.2) is 13.2 Å². The number of esters is 1. The molecule has 0 spiro atoms. The minimum atomic E-state index is -3.81.